The number of rotatable bonds is 4. The molecule has 1 aromatic heterocycles. The number of alkyl halides is 2. The molecule has 1 unspecified atom stereocenters. The first-order valence-electron chi connectivity index (χ1n) is 7.06. The third-order valence-electron chi connectivity index (χ3n) is 3.66. The smallest absolute Gasteiger partial charge is 0.336 e. The number of hydrogen-bond acceptors (Lipinski definition) is 4. The number of carbonyl (C=O) groups is 1. The van der Waals surface area contributed by atoms with Gasteiger partial charge in [0, 0.05) is 0 Å². The van der Waals surface area contributed by atoms with E-state index in [-0.39, 0.29) is 5.89 Å². The molecule has 1 heterocycles. The van der Waals surface area contributed by atoms with E-state index in [9.17, 15) is 15.0 Å². The van der Waals surface area contributed by atoms with Gasteiger partial charge < -0.3 is 14.6 Å². The topological polar surface area (TPSA) is 83.6 Å². The lowest BCUT2D eigenvalue weighted by Gasteiger charge is -2.14. The van der Waals surface area contributed by atoms with Gasteiger partial charge in [-0.2, -0.15) is 0 Å². The van der Waals surface area contributed by atoms with Gasteiger partial charge in [-0.1, -0.05) is 67.8 Å². The van der Waals surface area contributed by atoms with E-state index in [1.54, 1.807) is 18.2 Å². The van der Waals surface area contributed by atoms with Crippen LogP contribution in [-0.4, -0.2) is 21.2 Å². The summed E-state index contributed by atoms with van der Waals surface area (Å²) in [7, 11) is 0. The maximum absolute atomic E-state index is 11.3. The number of halogens is 2. The Balaban J connectivity index is 1.99. The summed E-state index contributed by atoms with van der Waals surface area (Å²) in [6.45, 7) is 1.96. The van der Waals surface area contributed by atoms with E-state index in [4.69, 9.17) is 4.42 Å². The second-order valence-corrected chi connectivity index (χ2v) is 8.87. The van der Waals surface area contributed by atoms with E-state index in [2.05, 4.69) is 36.8 Å². The number of nitrogens with zero attached hydrogens (tertiary/aromatic N) is 1. The number of aryl methyl sites for hydroxylation is 1. The molecule has 0 saturated carbocycles. The zero-order valence-electron chi connectivity index (χ0n) is 12.5. The number of aliphatic hydroxyl groups excluding tert-OH is 1. The van der Waals surface area contributed by atoms with Gasteiger partial charge in [0.2, 0.25) is 9.12 Å². The number of aliphatic carboxylic acids is 1. The number of hydrogen-bond donors (Lipinski definition) is 2. The highest BCUT2D eigenvalue weighted by Gasteiger charge is 2.35. The van der Waals surface area contributed by atoms with Gasteiger partial charge in [0.05, 0.1) is 0 Å². The Morgan fingerprint density at radius 3 is 2.50 bits per heavy atom. The highest BCUT2D eigenvalue weighted by atomic mass is 79.9. The van der Waals surface area contributed by atoms with Crippen molar-refractivity contribution in [2.24, 2.45) is 0 Å². The summed E-state index contributed by atoms with van der Waals surface area (Å²) in [6, 6.07) is 12.3. The molecule has 7 heteroatoms. The fourth-order valence-corrected chi connectivity index (χ4v) is 2.76. The molecule has 0 saturated heterocycles. The van der Waals surface area contributed by atoms with E-state index in [0.29, 0.717) is 22.2 Å². The molecule has 124 valence electrons. The third-order valence-corrected chi connectivity index (χ3v) is 5.26. The Morgan fingerprint density at radius 2 is 1.88 bits per heavy atom. The number of carboxylic acid groups (broad SMARTS) is 1. The van der Waals surface area contributed by atoms with E-state index >= 15 is 0 Å². The summed E-state index contributed by atoms with van der Waals surface area (Å²) >= 11 is 6.25. The van der Waals surface area contributed by atoms with Crippen molar-refractivity contribution in [1.29, 1.82) is 0 Å². The largest absolute Gasteiger partial charge is 0.479 e. The molecule has 0 aliphatic heterocycles. The standard InChI is InChI=1S/C17H13Br2NO4/c1-9-2-4-10(5-3-9)14(21)15-20-12-7-6-11(8-13(12)24-15)17(18,19)16(22)23/h2-8,14,21H,1H3,(H,22,23). The average Bonchev–Trinajstić information content (AvgIpc) is 2.97. The quantitative estimate of drug-likeness (QED) is 0.576. The molecule has 3 rings (SSSR count). The summed E-state index contributed by atoms with van der Waals surface area (Å²) in [4.78, 5) is 15.6. The summed E-state index contributed by atoms with van der Waals surface area (Å²) in [5, 5.41) is 19.7. The van der Waals surface area contributed by atoms with Crippen LogP contribution in [-0.2, 0) is 8.03 Å². The summed E-state index contributed by atoms with van der Waals surface area (Å²) in [5.41, 5.74) is 3.16. The number of benzene rings is 2. The molecular weight excluding hydrogens is 442 g/mol. The van der Waals surface area contributed by atoms with Crippen LogP contribution in [0.25, 0.3) is 11.1 Å². The normalized spacial score (nSPS) is 13.2. The van der Waals surface area contributed by atoms with Crippen LogP contribution < -0.4 is 0 Å². The van der Waals surface area contributed by atoms with E-state index in [1.165, 1.54) is 0 Å². The molecule has 3 aromatic rings. The highest BCUT2D eigenvalue weighted by molar-refractivity contribution is 9.25. The van der Waals surface area contributed by atoms with Crippen LogP contribution in [0.4, 0.5) is 0 Å². The van der Waals surface area contributed by atoms with Gasteiger partial charge in [-0.3, -0.25) is 0 Å². The molecule has 0 spiro atoms. The number of oxazole rings is 1. The molecule has 24 heavy (non-hydrogen) atoms. The average molecular weight is 455 g/mol. The monoisotopic (exact) mass is 453 g/mol. The van der Waals surface area contributed by atoms with Crippen LogP contribution in [0.15, 0.2) is 46.9 Å². The highest BCUT2D eigenvalue weighted by Crippen LogP contribution is 2.39. The van der Waals surface area contributed by atoms with Crippen molar-refractivity contribution >= 4 is 48.9 Å². The molecule has 0 bridgehead atoms. The SMILES string of the molecule is Cc1ccc(C(O)c2nc3ccc(C(Br)(Br)C(=O)O)cc3o2)cc1. The Hall–Kier alpha value is -1.70. The minimum atomic E-state index is -1.41. The number of carboxylic acids is 1. The number of aromatic nitrogens is 1. The lowest BCUT2D eigenvalue weighted by molar-refractivity contribution is -0.137. The van der Waals surface area contributed by atoms with Crippen LogP contribution in [0.3, 0.4) is 0 Å². The Morgan fingerprint density at radius 1 is 1.21 bits per heavy atom. The van der Waals surface area contributed by atoms with Crippen molar-refractivity contribution < 1.29 is 19.4 Å². The molecule has 0 aliphatic rings. The van der Waals surface area contributed by atoms with E-state index in [0.717, 1.165) is 5.56 Å². The van der Waals surface area contributed by atoms with Gasteiger partial charge >= 0.3 is 5.97 Å². The minimum absolute atomic E-state index is 0.163. The lowest BCUT2D eigenvalue weighted by atomic mass is 10.1. The van der Waals surface area contributed by atoms with Gasteiger partial charge in [-0.25, -0.2) is 9.78 Å². The van der Waals surface area contributed by atoms with Crippen LogP contribution in [0.5, 0.6) is 0 Å². The Labute approximate surface area is 154 Å². The van der Waals surface area contributed by atoms with Crippen molar-refractivity contribution in [3.63, 3.8) is 0 Å². The van der Waals surface area contributed by atoms with Crippen LogP contribution in [0.1, 0.15) is 28.7 Å². The first kappa shape index (κ1) is 17.1. The van der Waals surface area contributed by atoms with Crippen LogP contribution in [0, 0.1) is 6.92 Å². The molecule has 5 nitrogen and oxygen atoms in total. The second-order valence-electron chi connectivity index (χ2n) is 5.43. The van der Waals surface area contributed by atoms with Gasteiger partial charge in [0.25, 0.3) is 0 Å². The van der Waals surface area contributed by atoms with Crippen molar-refractivity contribution in [3.05, 3.63) is 65.0 Å². The third kappa shape index (κ3) is 3.11. The predicted octanol–water partition coefficient (Wildman–Crippen LogP) is 4.25. The summed E-state index contributed by atoms with van der Waals surface area (Å²) < 4.78 is 4.23. The van der Waals surface area contributed by atoms with Gasteiger partial charge in [0.1, 0.15) is 5.52 Å². The molecule has 0 aliphatic carbocycles. The van der Waals surface area contributed by atoms with Gasteiger partial charge in [0.15, 0.2) is 11.7 Å². The fraction of sp³-hybridized carbons (Fsp3) is 0.176. The first-order chi connectivity index (χ1) is 11.3. The molecular formula is C17H13Br2NO4. The molecule has 0 radical (unpaired) electrons. The van der Waals surface area contributed by atoms with Crippen molar-refractivity contribution in [1.82, 2.24) is 4.98 Å². The first-order valence-corrected chi connectivity index (χ1v) is 8.64. The zero-order chi connectivity index (χ0) is 17.5. The summed E-state index contributed by atoms with van der Waals surface area (Å²) in [5.74, 6) is -0.919. The van der Waals surface area contributed by atoms with Crippen LogP contribution >= 0.6 is 31.9 Å². The molecule has 0 amide bonds. The van der Waals surface area contributed by atoms with Crippen molar-refractivity contribution in [3.8, 4) is 0 Å². The van der Waals surface area contributed by atoms with Gasteiger partial charge in [-0.15, -0.1) is 0 Å². The molecule has 2 N–H and O–H groups in total. The molecule has 1 atom stereocenters. The molecule has 2 aromatic carbocycles. The van der Waals surface area contributed by atoms with Crippen molar-refractivity contribution in [2.75, 3.05) is 0 Å². The lowest BCUT2D eigenvalue weighted by Crippen LogP contribution is -2.21. The number of fused-ring (bicyclic) bond motifs is 1. The predicted molar refractivity (Wildman–Crippen MR) is 96.4 cm³/mol. The maximum atomic E-state index is 11.3. The van der Waals surface area contributed by atoms with E-state index < -0.39 is 15.3 Å². The Bertz CT molecular complexity index is 903. The zero-order valence-corrected chi connectivity index (χ0v) is 15.7. The summed E-state index contributed by atoms with van der Waals surface area (Å²) in [6.07, 6.45) is -0.987. The minimum Gasteiger partial charge on any atom is -0.479 e. The van der Waals surface area contributed by atoms with Gasteiger partial charge in [-0.05, 0) is 30.2 Å². The fourth-order valence-electron chi connectivity index (χ4n) is 2.27. The van der Waals surface area contributed by atoms with E-state index in [1.807, 2.05) is 31.2 Å². The van der Waals surface area contributed by atoms with Crippen LogP contribution in [0.2, 0.25) is 0 Å². The number of aliphatic hydroxyl groups is 1. The van der Waals surface area contributed by atoms with Crippen molar-refractivity contribution in [2.45, 2.75) is 16.3 Å². The maximum Gasteiger partial charge on any atom is 0.336 e. The Kier molecular flexibility index (Phi) is 4.50. The second kappa shape index (κ2) is 6.31. The molecule has 0 fully saturated rings.